The second kappa shape index (κ2) is 9.93. The van der Waals surface area contributed by atoms with Crippen LogP contribution in [-0.4, -0.2) is 40.8 Å². The number of rotatable bonds is 8. The molecular formula is C19H27N5S. The van der Waals surface area contributed by atoms with Crippen molar-refractivity contribution in [3.63, 3.8) is 0 Å². The molecule has 0 saturated carbocycles. The standard InChI is InChI=1S/C19H27N5S/c1-5-11-25-12-10-21-19(20-4)22-14-17-8-6-7-9-18(17)24-16(3)13-15(2)23-24/h5-9,13H,1,10-12,14H2,2-4H3,(H2,20,21,22). The summed E-state index contributed by atoms with van der Waals surface area (Å²) in [6.07, 6.45) is 1.92. The number of hydrogen-bond acceptors (Lipinski definition) is 3. The third-order valence-electron chi connectivity index (χ3n) is 3.67. The summed E-state index contributed by atoms with van der Waals surface area (Å²) in [5.41, 5.74) is 4.43. The first-order chi connectivity index (χ1) is 12.2. The fourth-order valence-electron chi connectivity index (χ4n) is 2.55. The molecule has 0 radical (unpaired) electrons. The number of para-hydroxylation sites is 1. The zero-order chi connectivity index (χ0) is 18.1. The average Bonchev–Trinajstić information content (AvgIpc) is 2.96. The topological polar surface area (TPSA) is 54.2 Å². The normalized spacial score (nSPS) is 11.4. The van der Waals surface area contributed by atoms with Crippen molar-refractivity contribution >= 4 is 17.7 Å². The molecule has 2 aromatic rings. The number of aromatic nitrogens is 2. The van der Waals surface area contributed by atoms with Gasteiger partial charge in [-0.3, -0.25) is 4.99 Å². The largest absolute Gasteiger partial charge is 0.356 e. The number of benzene rings is 1. The van der Waals surface area contributed by atoms with E-state index in [4.69, 9.17) is 0 Å². The summed E-state index contributed by atoms with van der Waals surface area (Å²) in [5.74, 6) is 2.81. The van der Waals surface area contributed by atoms with Gasteiger partial charge in [0.15, 0.2) is 5.96 Å². The van der Waals surface area contributed by atoms with Crippen molar-refractivity contribution in [2.45, 2.75) is 20.4 Å². The quantitative estimate of drug-likeness (QED) is 0.330. The van der Waals surface area contributed by atoms with Gasteiger partial charge >= 0.3 is 0 Å². The number of nitrogens with zero attached hydrogens (tertiary/aromatic N) is 3. The fourth-order valence-corrected chi connectivity index (χ4v) is 3.13. The van der Waals surface area contributed by atoms with Crippen molar-refractivity contribution in [1.29, 1.82) is 0 Å². The van der Waals surface area contributed by atoms with E-state index in [1.807, 2.05) is 41.6 Å². The maximum atomic E-state index is 4.60. The predicted octanol–water partition coefficient (Wildman–Crippen LogP) is 3.07. The lowest BCUT2D eigenvalue weighted by molar-refractivity contribution is 0.789. The van der Waals surface area contributed by atoms with Crippen molar-refractivity contribution in [2.75, 3.05) is 25.1 Å². The monoisotopic (exact) mass is 357 g/mol. The Morgan fingerprint density at radius 1 is 1.32 bits per heavy atom. The summed E-state index contributed by atoms with van der Waals surface area (Å²) in [6, 6.07) is 10.4. The Balaban J connectivity index is 1.98. The van der Waals surface area contributed by atoms with Crippen LogP contribution in [0.2, 0.25) is 0 Å². The molecule has 1 heterocycles. The van der Waals surface area contributed by atoms with Crippen LogP contribution in [0.3, 0.4) is 0 Å². The highest BCUT2D eigenvalue weighted by molar-refractivity contribution is 7.99. The van der Waals surface area contributed by atoms with Crippen molar-refractivity contribution in [1.82, 2.24) is 20.4 Å². The molecule has 2 N–H and O–H groups in total. The molecular weight excluding hydrogens is 330 g/mol. The first kappa shape index (κ1) is 19.1. The van der Waals surface area contributed by atoms with Gasteiger partial charge in [0.05, 0.1) is 11.4 Å². The predicted molar refractivity (Wildman–Crippen MR) is 109 cm³/mol. The molecule has 0 fully saturated rings. The van der Waals surface area contributed by atoms with Crippen LogP contribution in [0.5, 0.6) is 0 Å². The Morgan fingerprint density at radius 3 is 2.80 bits per heavy atom. The summed E-state index contributed by atoms with van der Waals surface area (Å²) in [5, 5.41) is 11.3. The molecule has 134 valence electrons. The Labute approximate surface area is 154 Å². The number of guanidine groups is 1. The van der Waals surface area contributed by atoms with Crippen LogP contribution in [-0.2, 0) is 6.54 Å². The molecule has 0 aliphatic carbocycles. The Morgan fingerprint density at radius 2 is 2.12 bits per heavy atom. The van der Waals surface area contributed by atoms with Crippen molar-refractivity contribution in [2.24, 2.45) is 4.99 Å². The van der Waals surface area contributed by atoms with E-state index in [1.54, 1.807) is 7.05 Å². The smallest absolute Gasteiger partial charge is 0.191 e. The molecule has 2 rings (SSSR count). The maximum Gasteiger partial charge on any atom is 0.191 e. The molecule has 0 atom stereocenters. The van der Waals surface area contributed by atoms with Crippen molar-refractivity contribution in [3.05, 3.63) is 59.9 Å². The number of aryl methyl sites for hydroxylation is 2. The van der Waals surface area contributed by atoms with Gasteiger partial charge in [-0.2, -0.15) is 16.9 Å². The Hall–Kier alpha value is -2.21. The first-order valence-corrected chi connectivity index (χ1v) is 9.56. The summed E-state index contributed by atoms with van der Waals surface area (Å²) in [7, 11) is 1.79. The number of thioether (sulfide) groups is 1. The molecule has 5 nitrogen and oxygen atoms in total. The minimum absolute atomic E-state index is 0.688. The van der Waals surface area contributed by atoms with Gasteiger partial charge in [0.2, 0.25) is 0 Å². The lowest BCUT2D eigenvalue weighted by Gasteiger charge is -2.15. The van der Waals surface area contributed by atoms with Crippen LogP contribution in [0.25, 0.3) is 5.69 Å². The van der Waals surface area contributed by atoms with Gasteiger partial charge in [0.1, 0.15) is 0 Å². The molecule has 1 aromatic heterocycles. The second-order valence-corrected chi connectivity index (χ2v) is 6.83. The zero-order valence-electron chi connectivity index (χ0n) is 15.2. The molecule has 0 aliphatic heterocycles. The number of hydrogen-bond donors (Lipinski definition) is 2. The van der Waals surface area contributed by atoms with Gasteiger partial charge in [-0.25, -0.2) is 4.68 Å². The number of aliphatic imine (C=N–C) groups is 1. The van der Waals surface area contributed by atoms with E-state index in [1.165, 1.54) is 5.56 Å². The van der Waals surface area contributed by atoms with Crippen molar-refractivity contribution in [3.8, 4) is 5.69 Å². The van der Waals surface area contributed by atoms with E-state index in [0.717, 1.165) is 41.1 Å². The van der Waals surface area contributed by atoms with Gasteiger partial charge in [-0.1, -0.05) is 24.3 Å². The SMILES string of the molecule is C=CCSCCNC(=NC)NCc1ccccc1-n1nc(C)cc1C. The van der Waals surface area contributed by atoms with Gasteiger partial charge < -0.3 is 10.6 Å². The lowest BCUT2D eigenvalue weighted by Crippen LogP contribution is -2.38. The molecule has 0 bridgehead atoms. The van der Waals surface area contributed by atoms with Crippen LogP contribution in [0.15, 0.2) is 48.0 Å². The molecule has 0 saturated heterocycles. The van der Waals surface area contributed by atoms with Gasteiger partial charge in [-0.15, -0.1) is 6.58 Å². The average molecular weight is 358 g/mol. The molecule has 25 heavy (non-hydrogen) atoms. The van der Waals surface area contributed by atoms with E-state index < -0.39 is 0 Å². The van der Waals surface area contributed by atoms with E-state index in [2.05, 4.69) is 52.4 Å². The molecule has 0 amide bonds. The first-order valence-electron chi connectivity index (χ1n) is 8.40. The highest BCUT2D eigenvalue weighted by Crippen LogP contribution is 2.16. The summed E-state index contributed by atoms with van der Waals surface area (Å²) >= 11 is 1.85. The molecule has 0 spiro atoms. The van der Waals surface area contributed by atoms with E-state index in [9.17, 15) is 0 Å². The van der Waals surface area contributed by atoms with E-state index in [-0.39, 0.29) is 0 Å². The van der Waals surface area contributed by atoms with Crippen LogP contribution in [0.4, 0.5) is 0 Å². The third kappa shape index (κ3) is 5.67. The second-order valence-electron chi connectivity index (χ2n) is 5.68. The van der Waals surface area contributed by atoms with E-state index in [0.29, 0.717) is 6.54 Å². The molecule has 1 aromatic carbocycles. The summed E-state index contributed by atoms with van der Waals surface area (Å²) in [6.45, 7) is 9.38. The molecule has 0 aliphatic rings. The molecule has 0 unspecified atom stereocenters. The van der Waals surface area contributed by atoms with Crippen LogP contribution >= 0.6 is 11.8 Å². The summed E-state index contributed by atoms with van der Waals surface area (Å²) in [4.78, 5) is 4.29. The number of nitrogens with one attached hydrogen (secondary N) is 2. The van der Waals surface area contributed by atoms with Crippen LogP contribution < -0.4 is 10.6 Å². The third-order valence-corrected chi connectivity index (χ3v) is 4.64. The van der Waals surface area contributed by atoms with Gasteiger partial charge in [0.25, 0.3) is 0 Å². The Kier molecular flexibility index (Phi) is 7.60. The van der Waals surface area contributed by atoms with Crippen LogP contribution in [0.1, 0.15) is 17.0 Å². The van der Waals surface area contributed by atoms with Gasteiger partial charge in [-0.05, 0) is 31.5 Å². The van der Waals surface area contributed by atoms with Crippen molar-refractivity contribution < 1.29 is 0 Å². The zero-order valence-corrected chi connectivity index (χ0v) is 16.1. The minimum atomic E-state index is 0.688. The highest BCUT2D eigenvalue weighted by Gasteiger charge is 2.09. The summed E-state index contributed by atoms with van der Waals surface area (Å²) < 4.78 is 1.99. The Bertz CT molecular complexity index is 720. The minimum Gasteiger partial charge on any atom is -0.356 e. The maximum absolute atomic E-state index is 4.60. The highest BCUT2D eigenvalue weighted by atomic mass is 32.2. The fraction of sp³-hybridized carbons (Fsp3) is 0.368. The van der Waals surface area contributed by atoms with Crippen LogP contribution in [0, 0.1) is 13.8 Å². The lowest BCUT2D eigenvalue weighted by atomic mass is 10.1. The molecule has 6 heteroatoms. The van der Waals surface area contributed by atoms with Gasteiger partial charge in [0, 0.05) is 37.3 Å². The van der Waals surface area contributed by atoms with E-state index >= 15 is 0 Å².